The quantitative estimate of drug-likeness (QED) is 0.777. The van der Waals surface area contributed by atoms with Crippen LogP contribution >= 0.6 is 0 Å². The topological polar surface area (TPSA) is 45.2 Å². The molecular weight excluding hydrogens is 317 g/mol. The molecule has 1 atom stereocenters. The SMILES string of the molecule is Cc1ccnc(N2C(=O)c3ccccc3[C@H]2Nc2ccccc2F)c1. The molecule has 4 nitrogen and oxygen atoms in total. The van der Waals surface area contributed by atoms with Crippen LogP contribution in [-0.2, 0) is 0 Å². The molecule has 0 saturated heterocycles. The highest BCUT2D eigenvalue weighted by atomic mass is 19.1. The zero-order chi connectivity index (χ0) is 17.4. The summed E-state index contributed by atoms with van der Waals surface area (Å²) in [5.41, 5.74) is 2.74. The van der Waals surface area contributed by atoms with Crippen LogP contribution in [0.2, 0.25) is 0 Å². The molecular formula is C20H16FN3O. The molecule has 124 valence electrons. The summed E-state index contributed by atoms with van der Waals surface area (Å²) in [4.78, 5) is 18.9. The predicted molar refractivity (Wildman–Crippen MR) is 95.0 cm³/mol. The van der Waals surface area contributed by atoms with Crippen LogP contribution in [0.1, 0.15) is 27.7 Å². The molecule has 1 aliphatic heterocycles. The van der Waals surface area contributed by atoms with E-state index in [9.17, 15) is 9.18 Å². The number of benzene rings is 2. The zero-order valence-corrected chi connectivity index (χ0v) is 13.6. The lowest BCUT2D eigenvalue weighted by Gasteiger charge is -2.26. The Morgan fingerprint density at radius 3 is 2.64 bits per heavy atom. The fraction of sp³-hybridized carbons (Fsp3) is 0.100. The van der Waals surface area contributed by atoms with Gasteiger partial charge in [-0.15, -0.1) is 0 Å². The molecule has 2 aromatic carbocycles. The molecule has 0 radical (unpaired) electrons. The Kier molecular flexibility index (Phi) is 3.69. The minimum Gasteiger partial charge on any atom is -0.359 e. The second-order valence-corrected chi connectivity index (χ2v) is 5.98. The molecule has 2 heterocycles. The number of hydrogen-bond acceptors (Lipinski definition) is 3. The third-order valence-corrected chi connectivity index (χ3v) is 4.28. The molecule has 5 heteroatoms. The fourth-order valence-corrected chi connectivity index (χ4v) is 3.07. The van der Waals surface area contributed by atoms with Gasteiger partial charge in [-0.05, 0) is 42.8 Å². The van der Waals surface area contributed by atoms with Crippen LogP contribution in [0.3, 0.4) is 0 Å². The molecule has 1 N–H and O–H groups in total. The van der Waals surface area contributed by atoms with Crippen LogP contribution in [0.15, 0.2) is 66.9 Å². The van der Waals surface area contributed by atoms with E-state index >= 15 is 0 Å². The largest absolute Gasteiger partial charge is 0.359 e. The third kappa shape index (κ3) is 2.63. The first kappa shape index (κ1) is 15.3. The van der Waals surface area contributed by atoms with Gasteiger partial charge in [0.05, 0.1) is 5.69 Å². The number of nitrogens with zero attached hydrogens (tertiary/aromatic N) is 2. The average Bonchev–Trinajstić information content (AvgIpc) is 2.90. The smallest absolute Gasteiger partial charge is 0.261 e. The molecule has 0 saturated carbocycles. The number of amides is 1. The van der Waals surface area contributed by atoms with Gasteiger partial charge < -0.3 is 5.32 Å². The number of nitrogens with one attached hydrogen (secondary N) is 1. The Morgan fingerprint density at radius 2 is 1.84 bits per heavy atom. The number of hydrogen-bond donors (Lipinski definition) is 1. The van der Waals surface area contributed by atoms with Crippen molar-refractivity contribution < 1.29 is 9.18 Å². The van der Waals surface area contributed by atoms with Crippen molar-refractivity contribution in [1.29, 1.82) is 0 Å². The Balaban J connectivity index is 1.82. The van der Waals surface area contributed by atoms with Gasteiger partial charge in [-0.25, -0.2) is 9.37 Å². The van der Waals surface area contributed by atoms with Gasteiger partial charge >= 0.3 is 0 Å². The molecule has 1 aromatic heterocycles. The fourth-order valence-electron chi connectivity index (χ4n) is 3.07. The van der Waals surface area contributed by atoms with E-state index < -0.39 is 6.17 Å². The summed E-state index contributed by atoms with van der Waals surface area (Å²) in [7, 11) is 0. The standard InChI is InChI=1S/C20H16FN3O/c1-13-10-11-22-18(12-13)24-19(23-17-9-5-4-8-16(17)21)14-6-2-3-7-15(14)20(24)25/h2-12,19,23H,1H3/t19-/m0/s1. The Labute approximate surface area is 144 Å². The number of carbonyl (C=O) groups is 1. The van der Waals surface area contributed by atoms with E-state index in [1.807, 2.05) is 37.3 Å². The van der Waals surface area contributed by atoms with Gasteiger partial charge in [0.1, 0.15) is 17.8 Å². The van der Waals surface area contributed by atoms with Crippen molar-refractivity contribution in [3.63, 3.8) is 0 Å². The summed E-state index contributed by atoms with van der Waals surface area (Å²) in [6, 6.07) is 17.5. The van der Waals surface area contributed by atoms with E-state index in [1.54, 1.807) is 35.4 Å². The van der Waals surface area contributed by atoms with E-state index in [0.29, 0.717) is 17.1 Å². The van der Waals surface area contributed by atoms with E-state index in [0.717, 1.165) is 11.1 Å². The summed E-state index contributed by atoms with van der Waals surface area (Å²) in [5.74, 6) is 0.0223. The lowest BCUT2D eigenvalue weighted by Crippen LogP contribution is -2.33. The lowest BCUT2D eigenvalue weighted by molar-refractivity contribution is 0.0992. The van der Waals surface area contributed by atoms with E-state index in [-0.39, 0.29) is 11.7 Å². The van der Waals surface area contributed by atoms with Crippen LogP contribution < -0.4 is 10.2 Å². The number of aryl methyl sites for hydroxylation is 1. The Bertz CT molecular complexity index is 957. The Hall–Kier alpha value is -3.21. The van der Waals surface area contributed by atoms with Gasteiger partial charge in [-0.3, -0.25) is 9.69 Å². The monoisotopic (exact) mass is 333 g/mol. The molecule has 4 rings (SSSR count). The van der Waals surface area contributed by atoms with Crippen molar-refractivity contribution in [3.8, 4) is 0 Å². The van der Waals surface area contributed by atoms with E-state index in [1.165, 1.54) is 6.07 Å². The predicted octanol–water partition coefficient (Wildman–Crippen LogP) is 4.30. The third-order valence-electron chi connectivity index (χ3n) is 4.28. The minimum atomic E-state index is -0.519. The summed E-state index contributed by atoms with van der Waals surface area (Å²) in [6.07, 6.45) is 1.15. The molecule has 0 spiro atoms. The van der Waals surface area contributed by atoms with Crippen LogP contribution in [0.4, 0.5) is 15.9 Å². The summed E-state index contributed by atoms with van der Waals surface area (Å²) in [6.45, 7) is 1.94. The normalized spacial score (nSPS) is 16.0. The van der Waals surface area contributed by atoms with Crippen molar-refractivity contribution in [1.82, 2.24) is 4.98 Å². The van der Waals surface area contributed by atoms with Gasteiger partial charge in [-0.1, -0.05) is 30.3 Å². The van der Waals surface area contributed by atoms with E-state index in [2.05, 4.69) is 10.3 Å². The number of rotatable bonds is 3. The average molecular weight is 333 g/mol. The molecule has 1 amide bonds. The number of anilines is 2. The second-order valence-electron chi connectivity index (χ2n) is 5.98. The summed E-state index contributed by atoms with van der Waals surface area (Å²) < 4.78 is 14.1. The number of aromatic nitrogens is 1. The molecule has 0 fully saturated rings. The Morgan fingerprint density at radius 1 is 1.08 bits per heavy atom. The lowest BCUT2D eigenvalue weighted by atomic mass is 10.1. The summed E-state index contributed by atoms with van der Waals surface area (Å²) in [5, 5.41) is 3.15. The molecule has 3 aromatic rings. The zero-order valence-electron chi connectivity index (χ0n) is 13.6. The maximum absolute atomic E-state index is 14.1. The molecule has 0 unspecified atom stereocenters. The van der Waals surface area contributed by atoms with Crippen LogP contribution in [0, 0.1) is 12.7 Å². The van der Waals surface area contributed by atoms with Crippen LogP contribution in [0.5, 0.6) is 0 Å². The number of carbonyl (C=O) groups excluding carboxylic acids is 1. The van der Waals surface area contributed by atoms with E-state index in [4.69, 9.17) is 0 Å². The molecule has 25 heavy (non-hydrogen) atoms. The highest BCUT2D eigenvalue weighted by Crippen LogP contribution is 2.37. The van der Waals surface area contributed by atoms with Gasteiger partial charge in [-0.2, -0.15) is 0 Å². The summed E-state index contributed by atoms with van der Waals surface area (Å²) >= 11 is 0. The van der Waals surface area contributed by atoms with Crippen molar-refractivity contribution in [2.24, 2.45) is 0 Å². The highest BCUT2D eigenvalue weighted by Gasteiger charge is 2.38. The first-order valence-corrected chi connectivity index (χ1v) is 8.01. The number of fused-ring (bicyclic) bond motifs is 1. The first-order valence-electron chi connectivity index (χ1n) is 8.01. The van der Waals surface area contributed by atoms with Crippen molar-refractivity contribution in [3.05, 3.63) is 89.4 Å². The number of para-hydroxylation sites is 1. The molecule has 0 bridgehead atoms. The van der Waals surface area contributed by atoms with Crippen molar-refractivity contribution >= 4 is 17.4 Å². The molecule has 0 aliphatic carbocycles. The maximum atomic E-state index is 14.1. The highest BCUT2D eigenvalue weighted by molar-refractivity contribution is 6.11. The van der Waals surface area contributed by atoms with Gasteiger partial charge in [0.2, 0.25) is 0 Å². The number of halogens is 1. The minimum absolute atomic E-state index is 0.150. The van der Waals surface area contributed by atoms with Crippen molar-refractivity contribution in [2.45, 2.75) is 13.1 Å². The maximum Gasteiger partial charge on any atom is 0.261 e. The first-order chi connectivity index (χ1) is 12.1. The van der Waals surface area contributed by atoms with Gasteiger partial charge in [0.25, 0.3) is 5.91 Å². The van der Waals surface area contributed by atoms with Crippen molar-refractivity contribution in [2.75, 3.05) is 10.2 Å². The van der Waals surface area contributed by atoms with Gasteiger partial charge in [0, 0.05) is 17.3 Å². The second kappa shape index (κ2) is 6.02. The van der Waals surface area contributed by atoms with Crippen LogP contribution in [-0.4, -0.2) is 10.9 Å². The molecule has 1 aliphatic rings. The number of pyridine rings is 1. The van der Waals surface area contributed by atoms with Crippen LogP contribution in [0.25, 0.3) is 0 Å². The van der Waals surface area contributed by atoms with Gasteiger partial charge in [0.15, 0.2) is 0 Å².